The number of nitrogens with zero attached hydrogens (tertiary/aromatic N) is 5. The molecule has 0 unspecified atom stereocenters. The van der Waals surface area contributed by atoms with Crippen LogP contribution >= 0.6 is 0 Å². The Morgan fingerprint density at radius 2 is 2.32 bits per heavy atom. The maximum Gasteiger partial charge on any atom is 0.144 e. The Balaban J connectivity index is 1.59. The molecule has 3 heterocycles. The van der Waals surface area contributed by atoms with Crippen molar-refractivity contribution in [1.29, 1.82) is 0 Å². The molecule has 1 fully saturated rings. The van der Waals surface area contributed by atoms with Gasteiger partial charge in [-0.1, -0.05) is 17.3 Å². The van der Waals surface area contributed by atoms with Crippen LogP contribution in [0.1, 0.15) is 18.7 Å². The van der Waals surface area contributed by atoms with Crippen molar-refractivity contribution in [2.75, 3.05) is 13.1 Å². The lowest BCUT2D eigenvalue weighted by Crippen LogP contribution is -2.35. The van der Waals surface area contributed by atoms with Crippen LogP contribution in [0.5, 0.6) is 0 Å². The van der Waals surface area contributed by atoms with Gasteiger partial charge in [0.1, 0.15) is 17.3 Å². The monoisotopic (exact) mass is 336 g/mol. The Kier molecular flexibility index (Phi) is 4.23. The Labute approximate surface area is 145 Å². The largest absolute Gasteiger partial charge is 0.316 e. The van der Waals surface area contributed by atoms with Crippen molar-refractivity contribution < 1.29 is 4.79 Å². The van der Waals surface area contributed by atoms with Crippen LogP contribution < -0.4 is 5.32 Å². The average molecular weight is 336 g/mol. The van der Waals surface area contributed by atoms with Gasteiger partial charge in [0.25, 0.3) is 0 Å². The van der Waals surface area contributed by atoms with Gasteiger partial charge in [-0.05, 0) is 25.5 Å². The van der Waals surface area contributed by atoms with E-state index in [9.17, 15) is 4.79 Å². The number of rotatable bonds is 4. The van der Waals surface area contributed by atoms with E-state index in [0.717, 1.165) is 48.1 Å². The Bertz CT molecular complexity index is 913. The number of piperidine rings is 1. The molecule has 0 amide bonds. The lowest BCUT2D eigenvalue weighted by atomic mass is 9.93. The summed E-state index contributed by atoms with van der Waals surface area (Å²) in [7, 11) is 1.84. The van der Waals surface area contributed by atoms with Crippen molar-refractivity contribution in [3.63, 3.8) is 0 Å². The summed E-state index contributed by atoms with van der Waals surface area (Å²) in [6.07, 6.45) is 5.94. The first-order chi connectivity index (χ1) is 12.2. The second-order valence-corrected chi connectivity index (χ2v) is 6.52. The molecule has 1 aliphatic rings. The van der Waals surface area contributed by atoms with E-state index in [2.05, 4.69) is 25.6 Å². The van der Waals surface area contributed by atoms with Crippen molar-refractivity contribution in [2.24, 2.45) is 13.0 Å². The zero-order valence-electron chi connectivity index (χ0n) is 14.1. The van der Waals surface area contributed by atoms with Gasteiger partial charge in [-0.3, -0.25) is 9.48 Å². The molecule has 0 radical (unpaired) electrons. The van der Waals surface area contributed by atoms with Crippen LogP contribution in [-0.2, 0) is 18.3 Å². The number of hydrogen-bond acceptors (Lipinski definition) is 6. The van der Waals surface area contributed by atoms with Crippen LogP contribution in [0.4, 0.5) is 0 Å². The van der Waals surface area contributed by atoms with E-state index in [1.54, 1.807) is 10.9 Å². The van der Waals surface area contributed by atoms with Gasteiger partial charge in [0.2, 0.25) is 0 Å². The highest BCUT2D eigenvalue weighted by Crippen LogP contribution is 2.21. The van der Waals surface area contributed by atoms with Crippen LogP contribution in [0.15, 0.2) is 30.6 Å². The zero-order chi connectivity index (χ0) is 17.2. The molecule has 0 bridgehead atoms. The topological polar surface area (TPSA) is 85.6 Å². The lowest BCUT2D eigenvalue weighted by molar-refractivity contribution is -0.122. The van der Waals surface area contributed by atoms with Gasteiger partial charge < -0.3 is 5.32 Å². The van der Waals surface area contributed by atoms with E-state index in [4.69, 9.17) is 0 Å². The van der Waals surface area contributed by atoms with E-state index in [-0.39, 0.29) is 18.1 Å². The Morgan fingerprint density at radius 3 is 3.08 bits per heavy atom. The Morgan fingerprint density at radius 1 is 1.40 bits per heavy atom. The quantitative estimate of drug-likeness (QED) is 0.778. The lowest BCUT2D eigenvalue weighted by Gasteiger charge is -2.21. The van der Waals surface area contributed by atoms with Crippen LogP contribution in [0.3, 0.4) is 0 Å². The molecular weight excluding hydrogens is 316 g/mol. The summed E-state index contributed by atoms with van der Waals surface area (Å²) in [6, 6.07) is 5.92. The van der Waals surface area contributed by atoms with Gasteiger partial charge in [-0.2, -0.15) is 0 Å². The van der Waals surface area contributed by atoms with Crippen molar-refractivity contribution in [2.45, 2.75) is 19.3 Å². The predicted molar refractivity (Wildman–Crippen MR) is 93.8 cm³/mol. The second-order valence-electron chi connectivity index (χ2n) is 6.52. The molecular formula is C18H20N6O. The normalized spacial score (nSPS) is 17.7. The molecule has 1 atom stereocenters. The summed E-state index contributed by atoms with van der Waals surface area (Å²) < 4.78 is 1.67. The smallest absolute Gasteiger partial charge is 0.144 e. The average Bonchev–Trinajstić information content (AvgIpc) is 3.08. The second kappa shape index (κ2) is 6.68. The molecule has 25 heavy (non-hydrogen) atoms. The number of hydrogen-bond donors (Lipinski definition) is 1. The third-order valence-electron chi connectivity index (χ3n) is 4.62. The molecule has 2 aromatic heterocycles. The van der Waals surface area contributed by atoms with Crippen LogP contribution in [-0.4, -0.2) is 43.8 Å². The number of Topliss-reactive ketones (excluding diaryl/α,β-unsaturated/α-hetero) is 1. The summed E-state index contributed by atoms with van der Waals surface area (Å²) in [6.45, 7) is 1.77. The number of aryl methyl sites for hydroxylation is 1. The highest BCUT2D eigenvalue weighted by Gasteiger charge is 2.21. The van der Waals surface area contributed by atoms with E-state index < -0.39 is 0 Å². The third-order valence-corrected chi connectivity index (χ3v) is 4.62. The molecule has 3 aromatic rings. The summed E-state index contributed by atoms with van der Waals surface area (Å²) in [4.78, 5) is 21.4. The minimum Gasteiger partial charge on any atom is -0.316 e. The van der Waals surface area contributed by atoms with E-state index in [0.29, 0.717) is 5.82 Å². The molecule has 4 rings (SSSR count). The number of aromatic nitrogens is 5. The molecule has 1 aliphatic heterocycles. The molecule has 7 nitrogen and oxygen atoms in total. The highest BCUT2D eigenvalue weighted by molar-refractivity contribution is 5.85. The number of nitrogens with one attached hydrogen (secondary N) is 1. The van der Waals surface area contributed by atoms with Gasteiger partial charge in [0, 0.05) is 36.7 Å². The number of ketones is 1. The van der Waals surface area contributed by atoms with E-state index in [1.807, 2.05) is 31.4 Å². The fraction of sp³-hybridized carbons (Fsp3) is 0.389. The first kappa shape index (κ1) is 15.8. The van der Waals surface area contributed by atoms with Crippen LogP contribution in [0.2, 0.25) is 0 Å². The van der Waals surface area contributed by atoms with Gasteiger partial charge in [0.05, 0.1) is 18.1 Å². The molecule has 1 saturated heterocycles. The standard InChI is InChI=1S/C18H20N6O/c1-24-11-16(22-23-24)12-4-5-13-10-20-18(21-15(13)7-12)8-17(25)14-3-2-6-19-9-14/h4-5,7,10-11,14,19H,2-3,6,8-9H2,1H3/t14-/m1/s1. The molecule has 7 heteroatoms. The van der Waals surface area contributed by atoms with Gasteiger partial charge in [-0.15, -0.1) is 5.10 Å². The number of carbonyl (C=O) groups is 1. The van der Waals surface area contributed by atoms with Gasteiger partial charge in [0.15, 0.2) is 0 Å². The number of benzene rings is 1. The summed E-state index contributed by atoms with van der Waals surface area (Å²) in [5, 5.41) is 12.3. The summed E-state index contributed by atoms with van der Waals surface area (Å²) in [5.41, 5.74) is 2.57. The van der Waals surface area contributed by atoms with Crippen molar-refractivity contribution in [3.8, 4) is 11.3 Å². The van der Waals surface area contributed by atoms with Crippen molar-refractivity contribution in [1.82, 2.24) is 30.3 Å². The number of fused-ring (bicyclic) bond motifs is 1. The molecule has 1 aromatic carbocycles. The third kappa shape index (κ3) is 3.41. The fourth-order valence-electron chi connectivity index (χ4n) is 3.21. The minimum atomic E-state index is 0.0824. The predicted octanol–water partition coefficient (Wildman–Crippen LogP) is 1.54. The first-order valence-electron chi connectivity index (χ1n) is 8.55. The molecule has 0 aliphatic carbocycles. The van der Waals surface area contributed by atoms with Crippen LogP contribution in [0.25, 0.3) is 22.2 Å². The van der Waals surface area contributed by atoms with E-state index in [1.165, 1.54) is 0 Å². The van der Waals surface area contributed by atoms with Crippen LogP contribution in [0, 0.1) is 5.92 Å². The highest BCUT2D eigenvalue weighted by atomic mass is 16.1. The van der Waals surface area contributed by atoms with Crippen molar-refractivity contribution >= 4 is 16.7 Å². The number of carbonyl (C=O) groups excluding carboxylic acids is 1. The fourth-order valence-corrected chi connectivity index (χ4v) is 3.21. The Hall–Kier alpha value is -2.67. The molecule has 128 valence electrons. The minimum absolute atomic E-state index is 0.0824. The first-order valence-corrected chi connectivity index (χ1v) is 8.55. The van der Waals surface area contributed by atoms with Gasteiger partial charge in [-0.25, -0.2) is 9.97 Å². The van der Waals surface area contributed by atoms with Crippen molar-refractivity contribution in [3.05, 3.63) is 36.4 Å². The van der Waals surface area contributed by atoms with Gasteiger partial charge >= 0.3 is 0 Å². The maximum absolute atomic E-state index is 12.5. The SMILES string of the molecule is Cn1cc(-c2ccc3cnc(CC(=O)[C@@H]4CCCNC4)nc3c2)nn1. The van der Waals surface area contributed by atoms with E-state index >= 15 is 0 Å². The maximum atomic E-state index is 12.5. The zero-order valence-corrected chi connectivity index (χ0v) is 14.1. The summed E-state index contributed by atoms with van der Waals surface area (Å²) >= 11 is 0. The molecule has 0 saturated carbocycles. The summed E-state index contributed by atoms with van der Waals surface area (Å²) in [5.74, 6) is 0.884. The molecule has 1 N–H and O–H groups in total. The molecule has 0 spiro atoms.